The Labute approximate surface area is 196 Å². The molecule has 4 atom stereocenters. The predicted octanol–water partition coefficient (Wildman–Crippen LogP) is -2.19. The summed E-state index contributed by atoms with van der Waals surface area (Å²) in [6, 6.07) is -4.22. The van der Waals surface area contributed by atoms with Crippen LogP contribution in [0.25, 0.3) is 0 Å². The quantitative estimate of drug-likeness (QED) is 0.0974. The molecule has 3 amide bonds. The van der Waals surface area contributed by atoms with Crippen LogP contribution in [0.4, 0.5) is 0 Å². The lowest BCUT2D eigenvalue weighted by atomic mass is 10.1. The third kappa shape index (κ3) is 9.46. The topological polar surface area (TPSA) is 205 Å². The fourth-order valence-corrected chi connectivity index (χ4v) is 3.20. The van der Waals surface area contributed by atoms with E-state index < -0.39 is 47.9 Å². The molecule has 0 fully saturated rings. The predicted molar refractivity (Wildman–Crippen MR) is 124 cm³/mol. The highest BCUT2D eigenvalue weighted by Crippen LogP contribution is 2.03. The molecule has 1 aromatic heterocycles. The van der Waals surface area contributed by atoms with Gasteiger partial charge < -0.3 is 37.5 Å². The molecule has 4 unspecified atom stereocenters. The van der Waals surface area contributed by atoms with Crippen molar-refractivity contribution in [2.45, 2.75) is 49.9 Å². The summed E-state index contributed by atoms with van der Waals surface area (Å²) in [4.78, 5) is 55.4. The van der Waals surface area contributed by atoms with Crippen LogP contribution in [-0.2, 0) is 25.6 Å². The van der Waals surface area contributed by atoms with Gasteiger partial charge in [0.1, 0.15) is 18.1 Å². The van der Waals surface area contributed by atoms with Gasteiger partial charge in [-0.15, -0.1) is 0 Å². The molecule has 0 spiro atoms. The number of carboxylic acids is 1. The Kier molecular flexibility index (Phi) is 12.8. The number of aromatic amines is 1. The first-order valence-corrected chi connectivity index (χ1v) is 11.3. The smallest absolute Gasteiger partial charge is 0.326 e. The molecule has 12 nitrogen and oxygen atoms in total. The number of thiol groups is 2. The van der Waals surface area contributed by atoms with Crippen molar-refractivity contribution in [3.8, 4) is 0 Å². The van der Waals surface area contributed by atoms with Crippen LogP contribution in [0.2, 0.25) is 0 Å². The second kappa shape index (κ2) is 14.7. The van der Waals surface area contributed by atoms with Gasteiger partial charge in [-0.3, -0.25) is 14.4 Å². The molecular formula is C18H31N7O5S2. The summed E-state index contributed by atoms with van der Waals surface area (Å²) in [5.41, 5.74) is 11.9. The number of nitrogens with zero attached hydrogens (tertiary/aromatic N) is 1. The molecule has 0 aliphatic heterocycles. The largest absolute Gasteiger partial charge is 0.480 e. The zero-order chi connectivity index (χ0) is 24.1. The second-order valence-corrected chi connectivity index (χ2v) is 7.79. The highest BCUT2D eigenvalue weighted by molar-refractivity contribution is 7.80. The first-order valence-electron chi connectivity index (χ1n) is 10.0. The third-order valence-electron chi connectivity index (χ3n) is 4.52. The summed E-state index contributed by atoms with van der Waals surface area (Å²) in [5.74, 6) is -3.27. The molecule has 0 aromatic carbocycles. The van der Waals surface area contributed by atoms with Crippen LogP contribution in [0, 0.1) is 0 Å². The van der Waals surface area contributed by atoms with E-state index in [1.807, 2.05) is 0 Å². The van der Waals surface area contributed by atoms with Crippen molar-refractivity contribution in [3.05, 3.63) is 18.2 Å². The van der Waals surface area contributed by atoms with Crippen LogP contribution in [0.3, 0.4) is 0 Å². The Hall–Kier alpha value is -2.29. The van der Waals surface area contributed by atoms with Crippen LogP contribution in [-0.4, -0.2) is 81.0 Å². The monoisotopic (exact) mass is 489 g/mol. The van der Waals surface area contributed by atoms with E-state index in [9.17, 15) is 24.3 Å². The van der Waals surface area contributed by atoms with Gasteiger partial charge in [0.15, 0.2) is 0 Å². The van der Waals surface area contributed by atoms with Crippen molar-refractivity contribution in [2.24, 2.45) is 11.5 Å². The van der Waals surface area contributed by atoms with E-state index in [1.165, 1.54) is 12.5 Å². The van der Waals surface area contributed by atoms with E-state index in [4.69, 9.17) is 11.5 Å². The van der Waals surface area contributed by atoms with Crippen LogP contribution < -0.4 is 27.4 Å². The Morgan fingerprint density at radius 2 is 1.56 bits per heavy atom. The molecule has 180 valence electrons. The van der Waals surface area contributed by atoms with Gasteiger partial charge in [0.25, 0.3) is 0 Å². The molecule has 1 rings (SSSR count). The van der Waals surface area contributed by atoms with Crippen molar-refractivity contribution in [1.82, 2.24) is 25.9 Å². The SMILES string of the molecule is NCCCCC(NC(=O)C(CS)NC(=O)C(CS)NC(=O)C(N)Cc1cnc[nH]1)C(=O)O. The second-order valence-electron chi connectivity index (χ2n) is 7.06. The molecule has 1 heterocycles. The van der Waals surface area contributed by atoms with Gasteiger partial charge in [-0.25, -0.2) is 9.78 Å². The van der Waals surface area contributed by atoms with Gasteiger partial charge >= 0.3 is 5.97 Å². The molecule has 14 heteroatoms. The molecule has 0 radical (unpaired) electrons. The zero-order valence-corrected chi connectivity index (χ0v) is 19.3. The maximum atomic E-state index is 12.6. The lowest BCUT2D eigenvalue weighted by Gasteiger charge is -2.23. The molecule has 0 saturated heterocycles. The van der Waals surface area contributed by atoms with E-state index in [0.29, 0.717) is 25.1 Å². The fourth-order valence-electron chi connectivity index (χ4n) is 2.69. The minimum Gasteiger partial charge on any atom is -0.480 e. The summed E-state index contributed by atoms with van der Waals surface area (Å²) >= 11 is 8.14. The Bertz CT molecular complexity index is 750. The Morgan fingerprint density at radius 3 is 2.03 bits per heavy atom. The minimum absolute atomic E-state index is 0.0495. The van der Waals surface area contributed by atoms with Gasteiger partial charge in [-0.05, 0) is 25.8 Å². The number of rotatable bonds is 15. The number of carboxylic acid groups (broad SMARTS) is 1. The standard InChI is InChI=1S/C18H31N7O5S2/c19-4-2-1-3-12(18(29)30)23-16(27)14(8-32)25-17(28)13(7-31)24-15(26)11(20)5-10-6-21-9-22-10/h6,9,11-14,31-32H,1-5,7-8,19-20H2,(H,21,22)(H,23,27)(H,24,26)(H,25,28)(H,29,30). The number of carbonyl (C=O) groups is 4. The number of amides is 3. The fraction of sp³-hybridized carbons (Fsp3) is 0.611. The van der Waals surface area contributed by atoms with Crippen LogP contribution in [0.1, 0.15) is 25.0 Å². The molecule has 0 saturated carbocycles. The summed E-state index contributed by atoms with van der Waals surface area (Å²) in [6.45, 7) is 0.415. The number of hydrogen-bond acceptors (Lipinski definition) is 9. The summed E-state index contributed by atoms with van der Waals surface area (Å²) < 4.78 is 0. The van der Waals surface area contributed by atoms with E-state index in [2.05, 4.69) is 51.2 Å². The maximum Gasteiger partial charge on any atom is 0.326 e. The van der Waals surface area contributed by atoms with E-state index in [-0.39, 0.29) is 24.3 Å². The average Bonchev–Trinajstić information content (AvgIpc) is 3.27. The van der Waals surface area contributed by atoms with E-state index >= 15 is 0 Å². The lowest BCUT2D eigenvalue weighted by molar-refractivity contribution is -0.142. The molecule has 0 bridgehead atoms. The number of aliphatic carboxylic acids is 1. The van der Waals surface area contributed by atoms with Crippen molar-refractivity contribution in [3.63, 3.8) is 0 Å². The number of nitrogens with one attached hydrogen (secondary N) is 4. The number of aromatic nitrogens is 2. The zero-order valence-electron chi connectivity index (χ0n) is 17.5. The van der Waals surface area contributed by atoms with Crippen LogP contribution >= 0.6 is 25.3 Å². The molecule has 0 aliphatic rings. The van der Waals surface area contributed by atoms with Gasteiger partial charge in [0.2, 0.25) is 17.7 Å². The number of unbranched alkanes of at least 4 members (excludes halogenated alkanes) is 1. The average molecular weight is 490 g/mol. The first-order chi connectivity index (χ1) is 15.2. The van der Waals surface area contributed by atoms with Gasteiger partial charge in [-0.1, -0.05) is 0 Å². The van der Waals surface area contributed by atoms with Crippen molar-refractivity contribution >= 4 is 48.9 Å². The van der Waals surface area contributed by atoms with Crippen LogP contribution in [0.5, 0.6) is 0 Å². The summed E-state index contributed by atoms with van der Waals surface area (Å²) in [7, 11) is 0. The van der Waals surface area contributed by atoms with Gasteiger partial charge in [0.05, 0.1) is 12.4 Å². The molecule has 9 N–H and O–H groups in total. The number of H-pyrrole nitrogens is 1. The Morgan fingerprint density at radius 1 is 1.00 bits per heavy atom. The first kappa shape index (κ1) is 27.7. The number of hydrogen-bond donors (Lipinski definition) is 9. The number of nitrogens with two attached hydrogens (primary N) is 2. The normalized spacial score (nSPS) is 14.6. The third-order valence-corrected chi connectivity index (χ3v) is 5.25. The molecule has 0 aliphatic carbocycles. The molecule has 32 heavy (non-hydrogen) atoms. The van der Waals surface area contributed by atoms with Gasteiger partial charge in [-0.2, -0.15) is 25.3 Å². The van der Waals surface area contributed by atoms with Gasteiger partial charge in [0, 0.05) is 29.8 Å². The lowest BCUT2D eigenvalue weighted by Crippen LogP contribution is -2.58. The highest BCUT2D eigenvalue weighted by Gasteiger charge is 2.29. The molecular weight excluding hydrogens is 458 g/mol. The van der Waals surface area contributed by atoms with Crippen molar-refractivity contribution in [2.75, 3.05) is 18.1 Å². The van der Waals surface area contributed by atoms with E-state index in [1.54, 1.807) is 0 Å². The van der Waals surface area contributed by atoms with Crippen LogP contribution in [0.15, 0.2) is 12.5 Å². The van der Waals surface area contributed by atoms with Crippen molar-refractivity contribution in [1.29, 1.82) is 0 Å². The summed E-state index contributed by atoms with van der Waals surface area (Å²) in [6.07, 6.45) is 4.53. The van der Waals surface area contributed by atoms with Crippen molar-refractivity contribution < 1.29 is 24.3 Å². The van der Waals surface area contributed by atoms with E-state index in [0.717, 1.165) is 0 Å². The number of imidazole rings is 1. The summed E-state index contributed by atoms with van der Waals surface area (Å²) in [5, 5.41) is 16.6. The highest BCUT2D eigenvalue weighted by atomic mass is 32.1. The minimum atomic E-state index is -1.19. The molecule has 1 aromatic rings. The Balaban J connectivity index is 2.66. The number of carbonyl (C=O) groups excluding carboxylic acids is 3. The maximum absolute atomic E-state index is 12.6.